The molecule has 0 fully saturated rings. The molecule has 0 aliphatic carbocycles. The Morgan fingerprint density at radius 3 is 2.41 bits per heavy atom. The number of aromatic amines is 1. The monoisotopic (exact) mass is 561 g/mol. The van der Waals surface area contributed by atoms with Gasteiger partial charge in [-0.15, -0.1) is 0 Å². The van der Waals surface area contributed by atoms with Gasteiger partial charge in [0.05, 0.1) is 33.8 Å². The Labute approximate surface area is 234 Å². The summed E-state index contributed by atoms with van der Waals surface area (Å²) in [4.78, 5) is 14.9. The Balaban J connectivity index is 1.17. The van der Waals surface area contributed by atoms with E-state index >= 15 is 0 Å². The highest BCUT2D eigenvalue weighted by Gasteiger charge is 2.25. The summed E-state index contributed by atoms with van der Waals surface area (Å²) < 4.78 is 25.1. The van der Waals surface area contributed by atoms with E-state index in [1.165, 1.54) is 5.56 Å². The van der Waals surface area contributed by atoms with Crippen LogP contribution in [0.25, 0.3) is 16.0 Å². The van der Waals surface area contributed by atoms with Crippen molar-refractivity contribution in [3.63, 3.8) is 0 Å². The topological polar surface area (TPSA) is 88.6 Å². The third kappa shape index (κ3) is 6.34. The van der Waals surface area contributed by atoms with E-state index in [2.05, 4.69) is 42.2 Å². The maximum Gasteiger partial charge on any atom is 0.307 e. The molecule has 0 amide bonds. The molecule has 3 aromatic carbocycles. The SMILES string of the molecule is CCCc1c(OCCCOc2ccc(-c3sc(=O)[nH]c3O)cc2)ccc2c1S(=O)C=C2CCc1ccccc1. The van der Waals surface area contributed by atoms with Crippen molar-refractivity contribution in [3.05, 3.63) is 98.5 Å². The molecule has 1 atom stereocenters. The zero-order valence-corrected chi connectivity index (χ0v) is 23.4. The van der Waals surface area contributed by atoms with Crippen molar-refractivity contribution < 1.29 is 18.8 Å². The molecule has 8 heteroatoms. The molecule has 0 saturated carbocycles. The van der Waals surface area contributed by atoms with Crippen molar-refractivity contribution in [1.29, 1.82) is 0 Å². The molecule has 6 nitrogen and oxygen atoms in total. The molecule has 2 heterocycles. The van der Waals surface area contributed by atoms with Crippen molar-refractivity contribution in [2.75, 3.05) is 13.2 Å². The van der Waals surface area contributed by atoms with Crippen LogP contribution >= 0.6 is 11.3 Å². The number of hydrogen-bond acceptors (Lipinski definition) is 6. The first-order chi connectivity index (χ1) is 19.0. The Morgan fingerprint density at radius 2 is 1.69 bits per heavy atom. The molecular formula is C31H31NO5S2. The standard InChI is InChI=1S/C31H31NO5S2/c1-2-7-26-27(17-16-25-23(20-39(35)29(25)26)11-10-21-8-4-3-5-9-21)37-19-6-18-36-24-14-12-22(13-15-24)28-30(33)32-31(34)38-28/h3-5,8-9,12-17,20,33H,2,6-7,10-11,18-19H2,1H3,(H,32,34). The second kappa shape index (κ2) is 12.5. The molecule has 1 unspecified atom stereocenters. The van der Waals surface area contributed by atoms with E-state index in [0.717, 1.165) is 69.9 Å². The summed E-state index contributed by atoms with van der Waals surface area (Å²) in [7, 11) is -1.16. The first kappa shape index (κ1) is 27.0. The number of thiazole rings is 1. The minimum absolute atomic E-state index is 0.118. The second-order valence-electron chi connectivity index (χ2n) is 9.36. The summed E-state index contributed by atoms with van der Waals surface area (Å²) in [6, 6.07) is 21.7. The van der Waals surface area contributed by atoms with Crippen molar-refractivity contribution >= 4 is 27.7 Å². The van der Waals surface area contributed by atoms with Crippen LogP contribution in [0.15, 0.2) is 81.8 Å². The summed E-state index contributed by atoms with van der Waals surface area (Å²) in [5.41, 5.74) is 5.32. The van der Waals surface area contributed by atoms with Gasteiger partial charge < -0.3 is 14.6 Å². The highest BCUT2D eigenvalue weighted by atomic mass is 32.2. The number of ether oxygens (including phenoxy) is 2. The van der Waals surface area contributed by atoms with Crippen LogP contribution in [0.5, 0.6) is 17.4 Å². The van der Waals surface area contributed by atoms with Crippen molar-refractivity contribution in [2.24, 2.45) is 0 Å². The molecule has 4 aromatic rings. The van der Waals surface area contributed by atoms with Crippen molar-refractivity contribution in [3.8, 4) is 27.8 Å². The maximum absolute atomic E-state index is 13.1. The van der Waals surface area contributed by atoms with Crippen LogP contribution in [-0.4, -0.2) is 27.5 Å². The third-order valence-corrected chi connectivity index (χ3v) is 8.89. The average Bonchev–Trinajstić information content (AvgIpc) is 3.46. The molecule has 1 aromatic heterocycles. The highest BCUT2D eigenvalue weighted by molar-refractivity contribution is 7.88. The van der Waals surface area contributed by atoms with Gasteiger partial charge in [-0.05, 0) is 77.9 Å². The maximum atomic E-state index is 13.1. The van der Waals surface area contributed by atoms with E-state index in [1.54, 1.807) is 0 Å². The number of benzene rings is 3. The number of fused-ring (bicyclic) bond motifs is 1. The van der Waals surface area contributed by atoms with Crippen molar-refractivity contribution in [2.45, 2.75) is 43.9 Å². The fourth-order valence-corrected chi connectivity index (χ4v) is 6.95. The number of H-pyrrole nitrogens is 1. The zero-order chi connectivity index (χ0) is 27.2. The predicted octanol–water partition coefficient (Wildman–Crippen LogP) is 6.70. The van der Waals surface area contributed by atoms with E-state index in [1.807, 2.05) is 41.8 Å². The number of allylic oxidation sites excluding steroid dienone is 1. The van der Waals surface area contributed by atoms with E-state index in [-0.39, 0.29) is 10.8 Å². The zero-order valence-electron chi connectivity index (χ0n) is 21.8. The molecule has 0 saturated heterocycles. The second-order valence-corrected chi connectivity index (χ2v) is 11.6. The molecule has 0 bridgehead atoms. The molecule has 0 radical (unpaired) electrons. The van der Waals surface area contributed by atoms with E-state index < -0.39 is 10.8 Å². The van der Waals surface area contributed by atoms with E-state index in [0.29, 0.717) is 30.3 Å². The van der Waals surface area contributed by atoms with Crippen LogP contribution in [0.3, 0.4) is 0 Å². The first-order valence-electron chi connectivity index (χ1n) is 13.1. The van der Waals surface area contributed by atoms with Gasteiger partial charge in [-0.3, -0.25) is 9.78 Å². The Bertz CT molecular complexity index is 1540. The predicted molar refractivity (Wildman–Crippen MR) is 157 cm³/mol. The quantitative estimate of drug-likeness (QED) is 0.188. The van der Waals surface area contributed by atoms with Crippen LogP contribution in [0.4, 0.5) is 0 Å². The minimum Gasteiger partial charge on any atom is -0.493 e. The van der Waals surface area contributed by atoms with Crippen LogP contribution in [0.1, 0.15) is 42.9 Å². The van der Waals surface area contributed by atoms with Gasteiger partial charge in [0, 0.05) is 17.4 Å². The number of rotatable bonds is 12. The lowest BCUT2D eigenvalue weighted by atomic mass is 9.96. The van der Waals surface area contributed by atoms with Crippen LogP contribution in [-0.2, 0) is 23.6 Å². The van der Waals surface area contributed by atoms with Crippen LogP contribution in [0.2, 0.25) is 0 Å². The number of aryl methyl sites for hydroxylation is 1. The number of aromatic hydroxyl groups is 1. The Morgan fingerprint density at radius 1 is 0.923 bits per heavy atom. The summed E-state index contributed by atoms with van der Waals surface area (Å²) in [6.07, 6.45) is 4.23. The first-order valence-corrected chi connectivity index (χ1v) is 15.2. The number of aromatic nitrogens is 1. The van der Waals surface area contributed by atoms with Gasteiger partial charge in [-0.1, -0.05) is 55.0 Å². The summed E-state index contributed by atoms with van der Waals surface area (Å²) in [5.74, 6) is 1.39. The number of hydrogen-bond donors (Lipinski definition) is 2. The normalized spacial score (nSPS) is 14.2. The molecule has 5 rings (SSSR count). The van der Waals surface area contributed by atoms with Gasteiger partial charge in [-0.2, -0.15) is 0 Å². The lowest BCUT2D eigenvalue weighted by molar-refractivity contribution is 0.245. The molecule has 1 aliphatic heterocycles. The molecule has 39 heavy (non-hydrogen) atoms. The average molecular weight is 562 g/mol. The molecule has 202 valence electrons. The summed E-state index contributed by atoms with van der Waals surface area (Å²) in [6.45, 7) is 3.09. The largest absolute Gasteiger partial charge is 0.493 e. The molecule has 1 aliphatic rings. The van der Waals surface area contributed by atoms with Gasteiger partial charge in [-0.25, -0.2) is 4.21 Å². The van der Waals surface area contributed by atoms with Gasteiger partial charge in [0.1, 0.15) is 11.5 Å². The van der Waals surface area contributed by atoms with E-state index in [9.17, 15) is 14.1 Å². The van der Waals surface area contributed by atoms with Crippen LogP contribution < -0.4 is 14.3 Å². The smallest absolute Gasteiger partial charge is 0.307 e. The summed E-state index contributed by atoms with van der Waals surface area (Å²) >= 11 is 0.968. The van der Waals surface area contributed by atoms with Gasteiger partial charge in [0.2, 0.25) is 5.88 Å². The minimum atomic E-state index is -1.16. The van der Waals surface area contributed by atoms with Gasteiger partial charge in [0.25, 0.3) is 0 Å². The Kier molecular flexibility index (Phi) is 8.64. The Hall–Kier alpha value is -3.62. The number of nitrogens with one attached hydrogen (secondary N) is 1. The van der Waals surface area contributed by atoms with Crippen LogP contribution in [0, 0.1) is 0 Å². The molecule has 0 spiro atoms. The van der Waals surface area contributed by atoms with Crippen molar-refractivity contribution in [1.82, 2.24) is 4.98 Å². The van der Waals surface area contributed by atoms with Gasteiger partial charge in [0.15, 0.2) is 0 Å². The third-order valence-electron chi connectivity index (χ3n) is 6.60. The highest BCUT2D eigenvalue weighted by Crippen LogP contribution is 2.40. The lowest BCUT2D eigenvalue weighted by Crippen LogP contribution is -2.07. The van der Waals surface area contributed by atoms with E-state index in [4.69, 9.17) is 9.47 Å². The fourth-order valence-electron chi connectivity index (χ4n) is 4.73. The summed E-state index contributed by atoms with van der Waals surface area (Å²) in [5, 5.41) is 11.7. The fraction of sp³-hybridized carbons (Fsp3) is 0.258. The van der Waals surface area contributed by atoms with Gasteiger partial charge >= 0.3 is 4.87 Å². The molecular weight excluding hydrogens is 530 g/mol. The molecule has 2 N–H and O–H groups in total. The lowest BCUT2D eigenvalue weighted by Gasteiger charge is -2.16.